The number of nitrogens with one attached hydrogen (secondary N) is 2. The van der Waals surface area contributed by atoms with Gasteiger partial charge in [0.2, 0.25) is 5.91 Å². The predicted octanol–water partition coefficient (Wildman–Crippen LogP) is 1.89. The topological polar surface area (TPSA) is 95.9 Å². The SMILES string of the molecule is C=C(C)CNC(=NCC(=O)N(C)C)NC(C)c1nc(C)c(C(=O)OCC)s1. The molecule has 1 heterocycles. The molecule has 0 saturated carbocycles. The molecule has 0 aliphatic carbocycles. The van der Waals surface area contributed by atoms with Crippen molar-refractivity contribution in [3.8, 4) is 0 Å². The smallest absolute Gasteiger partial charge is 0.350 e. The molecule has 150 valence electrons. The zero-order valence-corrected chi connectivity index (χ0v) is 17.7. The second kappa shape index (κ2) is 10.7. The second-order valence-corrected chi connectivity index (χ2v) is 7.35. The zero-order valence-electron chi connectivity index (χ0n) is 16.9. The summed E-state index contributed by atoms with van der Waals surface area (Å²) in [6.07, 6.45) is 0. The molecule has 0 spiro atoms. The van der Waals surface area contributed by atoms with Gasteiger partial charge in [-0.05, 0) is 27.7 Å². The fourth-order valence-electron chi connectivity index (χ4n) is 1.93. The van der Waals surface area contributed by atoms with Gasteiger partial charge in [-0.1, -0.05) is 12.2 Å². The van der Waals surface area contributed by atoms with E-state index in [4.69, 9.17) is 4.74 Å². The quantitative estimate of drug-likeness (QED) is 0.302. The lowest BCUT2D eigenvalue weighted by atomic mass is 10.3. The fraction of sp³-hybridized carbons (Fsp3) is 0.556. The van der Waals surface area contributed by atoms with Gasteiger partial charge in [0.15, 0.2) is 5.96 Å². The molecule has 1 aromatic rings. The molecule has 0 aliphatic rings. The molecule has 1 atom stereocenters. The Morgan fingerprint density at radius 2 is 2.07 bits per heavy atom. The molecule has 0 radical (unpaired) electrons. The number of rotatable bonds is 8. The van der Waals surface area contributed by atoms with Crippen molar-refractivity contribution in [1.29, 1.82) is 0 Å². The molecule has 9 heteroatoms. The van der Waals surface area contributed by atoms with Crippen molar-refractivity contribution < 1.29 is 14.3 Å². The number of carbonyl (C=O) groups is 2. The standard InChI is InChI=1S/C18H29N5O3S/c1-8-26-17(25)15-12(4)21-16(27-15)13(5)22-18(19-9-11(2)3)20-10-14(24)23(6)7/h13H,2,8-10H2,1,3-7H3,(H2,19,20,22). The highest BCUT2D eigenvalue weighted by Gasteiger charge is 2.20. The number of ether oxygens (including phenoxy) is 1. The Morgan fingerprint density at radius 3 is 2.63 bits per heavy atom. The van der Waals surface area contributed by atoms with Crippen molar-refractivity contribution in [2.24, 2.45) is 4.99 Å². The Balaban J connectivity index is 2.91. The number of aryl methyl sites for hydroxylation is 1. The molecule has 0 aromatic carbocycles. The maximum Gasteiger partial charge on any atom is 0.350 e. The minimum absolute atomic E-state index is 0.0240. The number of thiazole rings is 1. The highest BCUT2D eigenvalue weighted by molar-refractivity contribution is 7.13. The van der Waals surface area contributed by atoms with Crippen LogP contribution in [0.3, 0.4) is 0 Å². The van der Waals surface area contributed by atoms with E-state index in [0.717, 1.165) is 10.6 Å². The Labute approximate surface area is 164 Å². The first kappa shape index (κ1) is 22.6. The summed E-state index contributed by atoms with van der Waals surface area (Å²) >= 11 is 1.29. The Hall–Kier alpha value is -2.42. The van der Waals surface area contributed by atoms with E-state index in [9.17, 15) is 9.59 Å². The molecule has 1 unspecified atom stereocenters. The van der Waals surface area contributed by atoms with E-state index < -0.39 is 0 Å². The Morgan fingerprint density at radius 1 is 1.41 bits per heavy atom. The van der Waals surface area contributed by atoms with E-state index >= 15 is 0 Å². The molecule has 0 fully saturated rings. The number of amides is 1. The molecule has 1 aromatic heterocycles. The van der Waals surface area contributed by atoms with Gasteiger partial charge in [0.25, 0.3) is 0 Å². The minimum Gasteiger partial charge on any atom is -0.462 e. The van der Waals surface area contributed by atoms with Gasteiger partial charge in [0, 0.05) is 20.6 Å². The number of aromatic nitrogens is 1. The van der Waals surface area contributed by atoms with Gasteiger partial charge in [0.05, 0.1) is 18.3 Å². The van der Waals surface area contributed by atoms with Gasteiger partial charge < -0.3 is 20.3 Å². The lowest BCUT2D eigenvalue weighted by Gasteiger charge is -2.17. The third-order valence-corrected chi connectivity index (χ3v) is 4.75. The van der Waals surface area contributed by atoms with Gasteiger partial charge in [0.1, 0.15) is 16.4 Å². The van der Waals surface area contributed by atoms with Crippen molar-refractivity contribution in [3.63, 3.8) is 0 Å². The van der Waals surface area contributed by atoms with E-state index in [1.807, 2.05) is 13.8 Å². The van der Waals surface area contributed by atoms with E-state index in [0.29, 0.717) is 29.7 Å². The number of guanidine groups is 1. The van der Waals surface area contributed by atoms with Crippen LogP contribution in [0.25, 0.3) is 0 Å². The highest BCUT2D eigenvalue weighted by atomic mass is 32.1. The lowest BCUT2D eigenvalue weighted by molar-refractivity contribution is -0.127. The van der Waals surface area contributed by atoms with E-state index in [2.05, 4.69) is 27.2 Å². The molecule has 1 amide bonds. The molecule has 27 heavy (non-hydrogen) atoms. The maximum atomic E-state index is 12.0. The van der Waals surface area contributed by atoms with Gasteiger partial charge in [-0.25, -0.2) is 14.8 Å². The van der Waals surface area contributed by atoms with E-state index in [1.54, 1.807) is 27.9 Å². The Bertz CT molecular complexity index is 712. The summed E-state index contributed by atoms with van der Waals surface area (Å²) < 4.78 is 5.06. The van der Waals surface area contributed by atoms with Crippen LogP contribution in [0.1, 0.15) is 47.2 Å². The predicted molar refractivity (Wildman–Crippen MR) is 108 cm³/mol. The van der Waals surface area contributed by atoms with Crippen LogP contribution in [-0.4, -0.2) is 61.5 Å². The summed E-state index contributed by atoms with van der Waals surface area (Å²) in [7, 11) is 3.37. The highest BCUT2D eigenvalue weighted by Crippen LogP contribution is 2.24. The molecule has 8 nitrogen and oxygen atoms in total. The van der Waals surface area contributed by atoms with Crippen LogP contribution in [0.15, 0.2) is 17.1 Å². The molecule has 0 aliphatic heterocycles. The van der Waals surface area contributed by atoms with Crippen LogP contribution in [0.2, 0.25) is 0 Å². The Kier molecular flexibility index (Phi) is 8.93. The van der Waals surface area contributed by atoms with Gasteiger partial charge in [-0.2, -0.15) is 0 Å². The monoisotopic (exact) mass is 395 g/mol. The molecule has 0 bridgehead atoms. The second-order valence-electron chi connectivity index (χ2n) is 6.32. The average molecular weight is 396 g/mol. The third kappa shape index (κ3) is 7.38. The number of nitrogens with zero attached hydrogens (tertiary/aromatic N) is 3. The van der Waals surface area contributed by atoms with E-state index in [1.165, 1.54) is 16.2 Å². The first-order valence-corrected chi connectivity index (χ1v) is 9.51. The van der Waals surface area contributed by atoms with Crippen molar-refractivity contribution in [1.82, 2.24) is 20.5 Å². The number of hydrogen-bond donors (Lipinski definition) is 2. The largest absolute Gasteiger partial charge is 0.462 e. The molecule has 2 N–H and O–H groups in total. The number of aliphatic imine (C=N–C) groups is 1. The summed E-state index contributed by atoms with van der Waals surface area (Å²) in [6, 6.07) is -0.206. The zero-order chi connectivity index (χ0) is 20.6. The van der Waals surface area contributed by atoms with Crippen LogP contribution in [0.4, 0.5) is 0 Å². The van der Waals surface area contributed by atoms with E-state index in [-0.39, 0.29) is 24.5 Å². The van der Waals surface area contributed by atoms with Crippen molar-refractivity contribution in [2.75, 3.05) is 33.8 Å². The van der Waals surface area contributed by atoms with Crippen molar-refractivity contribution in [2.45, 2.75) is 33.7 Å². The first-order valence-electron chi connectivity index (χ1n) is 8.69. The normalized spacial score (nSPS) is 12.3. The fourth-order valence-corrected chi connectivity index (χ4v) is 2.89. The molecule has 0 saturated heterocycles. The minimum atomic E-state index is -0.364. The summed E-state index contributed by atoms with van der Waals surface area (Å²) in [5.41, 5.74) is 1.57. The number of carbonyl (C=O) groups excluding carboxylic acids is 2. The van der Waals surface area contributed by atoms with Crippen LogP contribution in [-0.2, 0) is 9.53 Å². The maximum absolute atomic E-state index is 12.0. The third-order valence-electron chi connectivity index (χ3n) is 3.43. The van der Waals surface area contributed by atoms with Crippen molar-refractivity contribution in [3.05, 3.63) is 27.7 Å². The van der Waals surface area contributed by atoms with Gasteiger partial charge >= 0.3 is 5.97 Å². The van der Waals surface area contributed by atoms with Crippen LogP contribution in [0, 0.1) is 6.92 Å². The number of hydrogen-bond acceptors (Lipinski definition) is 6. The van der Waals surface area contributed by atoms with Gasteiger partial charge in [-0.3, -0.25) is 4.79 Å². The van der Waals surface area contributed by atoms with Crippen molar-refractivity contribution >= 4 is 29.2 Å². The lowest BCUT2D eigenvalue weighted by Crippen LogP contribution is -2.40. The molecular formula is C18H29N5O3S. The molecule has 1 rings (SSSR count). The summed E-state index contributed by atoms with van der Waals surface area (Å²) in [5.74, 6) is 0.0110. The summed E-state index contributed by atoms with van der Waals surface area (Å²) in [4.78, 5) is 34.6. The number of esters is 1. The molecular weight excluding hydrogens is 366 g/mol. The van der Waals surface area contributed by atoms with Crippen LogP contribution >= 0.6 is 11.3 Å². The first-order chi connectivity index (χ1) is 12.6. The average Bonchev–Trinajstić information content (AvgIpc) is 2.98. The van der Waals surface area contributed by atoms with Crippen LogP contribution < -0.4 is 10.6 Å². The van der Waals surface area contributed by atoms with Gasteiger partial charge in [-0.15, -0.1) is 11.3 Å². The summed E-state index contributed by atoms with van der Waals surface area (Å²) in [6.45, 7) is 12.1. The van der Waals surface area contributed by atoms with Crippen LogP contribution in [0.5, 0.6) is 0 Å². The summed E-state index contributed by atoms with van der Waals surface area (Å²) in [5, 5.41) is 7.09. The number of likely N-dealkylation sites (N-methyl/N-ethyl adjacent to an activating group) is 1.